The fourth-order valence-corrected chi connectivity index (χ4v) is 1.82. The molecule has 21 heavy (non-hydrogen) atoms. The molecule has 1 amide bonds. The van der Waals surface area contributed by atoms with E-state index < -0.39 is 23.7 Å². The quantitative estimate of drug-likeness (QED) is 0.802. The second-order valence-electron chi connectivity index (χ2n) is 4.46. The van der Waals surface area contributed by atoms with Crippen LogP contribution < -0.4 is 14.8 Å². The van der Waals surface area contributed by atoms with Gasteiger partial charge in [-0.15, -0.1) is 0 Å². The van der Waals surface area contributed by atoms with Crippen LogP contribution in [0.2, 0.25) is 0 Å². The molecule has 0 bridgehead atoms. The normalized spacial score (nSPS) is 11.6. The third-order valence-corrected chi connectivity index (χ3v) is 2.89. The minimum absolute atomic E-state index is 0.000402. The van der Waals surface area contributed by atoms with Gasteiger partial charge in [0.05, 0.1) is 14.2 Å². The van der Waals surface area contributed by atoms with Gasteiger partial charge in [-0.2, -0.15) is 0 Å². The van der Waals surface area contributed by atoms with Crippen LogP contribution in [0.5, 0.6) is 11.5 Å². The molecule has 2 N–H and O–H groups in total. The highest BCUT2D eigenvalue weighted by molar-refractivity contribution is 5.98. The van der Waals surface area contributed by atoms with Crippen molar-refractivity contribution in [2.75, 3.05) is 14.2 Å². The zero-order chi connectivity index (χ0) is 16.0. The Morgan fingerprint density at radius 1 is 1.33 bits per heavy atom. The number of rotatable bonds is 7. The third-order valence-electron chi connectivity index (χ3n) is 2.89. The Labute approximate surface area is 121 Å². The first-order chi connectivity index (χ1) is 9.90. The lowest BCUT2D eigenvalue weighted by molar-refractivity contribution is -0.137. The molecule has 0 saturated heterocycles. The first kappa shape index (κ1) is 16.7. The number of carbonyl (C=O) groups is 2. The summed E-state index contributed by atoms with van der Waals surface area (Å²) >= 11 is 0. The van der Waals surface area contributed by atoms with E-state index in [1.165, 1.54) is 20.3 Å². The smallest absolute Gasteiger partial charge is 0.303 e. The summed E-state index contributed by atoms with van der Waals surface area (Å²) in [6.45, 7) is 1.64. The van der Waals surface area contributed by atoms with E-state index in [0.29, 0.717) is 0 Å². The van der Waals surface area contributed by atoms with Gasteiger partial charge in [0.1, 0.15) is 11.4 Å². The summed E-state index contributed by atoms with van der Waals surface area (Å²) in [6.07, 6.45) is 0.161. The number of amides is 1. The number of ether oxygens (including phenoxy) is 2. The molecule has 0 aliphatic carbocycles. The lowest BCUT2D eigenvalue weighted by atomic mass is 10.1. The summed E-state index contributed by atoms with van der Waals surface area (Å²) in [7, 11) is 2.69. The van der Waals surface area contributed by atoms with Gasteiger partial charge in [0.25, 0.3) is 5.91 Å². The molecular weight excluding hydrogens is 281 g/mol. The molecule has 1 rings (SSSR count). The van der Waals surface area contributed by atoms with Crippen LogP contribution >= 0.6 is 0 Å². The largest absolute Gasteiger partial charge is 0.493 e. The monoisotopic (exact) mass is 299 g/mol. The van der Waals surface area contributed by atoms with Crippen LogP contribution in [0.15, 0.2) is 12.1 Å². The Hall–Kier alpha value is -2.31. The van der Waals surface area contributed by atoms with Gasteiger partial charge in [-0.25, -0.2) is 4.39 Å². The summed E-state index contributed by atoms with van der Waals surface area (Å²) in [5.41, 5.74) is -0.265. The fourth-order valence-electron chi connectivity index (χ4n) is 1.82. The summed E-state index contributed by atoms with van der Waals surface area (Å²) in [4.78, 5) is 22.6. The lowest BCUT2D eigenvalue weighted by Crippen LogP contribution is -2.33. The Kier molecular flexibility index (Phi) is 5.95. The van der Waals surface area contributed by atoms with Crippen molar-refractivity contribution in [1.82, 2.24) is 5.32 Å². The van der Waals surface area contributed by atoms with Crippen molar-refractivity contribution in [2.45, 2.75) is 25.8 Å². The minimum atomic E-state index is -0.957. The average Bonchev–Trinajstić information content (AvgIpc) is 2.44. The Balaban J connectivity index is 2.94. The highest BCUT2D eigenvalue weighted by atomic mass is 19.1. The van der Waals surface area contributed by atoms with Crippen molar-refractivity contribution < 1.29 is 28.6 Å². The molecule has 6 nitrogen and oxygen atoms in total. The number of aliphatic carboxylic acids is 1. The Morgan fingerprint density at radius 3 is 2.52 bits per heavy atom. The SMILES string of the molecule is COc1ccc(F)c(C(=O)NC(C)CCC(=O)O)c1OC. The predicted molar refractivity (Wildman–Crippen MR) is 73.3 cm³/mol. The number of methoxy groups -OCH3 is 2. The second-order valence-corrected chi connectivity index (χ2v) is 4.46. The average molecular weight is 299 g/mol. The summed E-state index contributed by atoms with van der Waals surface area (Å²) < 4.78 is 23.9. The van der Waals surface area contributed by atoms with Crippen LogP contribution in [0.1, 0.15) is 30.1 Å². The van der Waals surface area contributed by atoms with E-state index in [1.54, 1.807) is 6.92 Å². The molecule has 1 atom stereocenters. The van der Waals surface area contributed by atoms with E-state index in [2.05, 4.69) is 5.32 Å². The molecule has 1 aromatic rings. The molecule has 7 heteroatoms. The Morgan fingerprint density at radius 2 is 2.00 bits per heavy atom. The van der Waals surface area contributed by atoms with Crippen LogP contribution in [-0.2, 0) is 4.79 Å². The van der Waals surface area contributed by atoms with Gasteiger partial charge in [0.15, 0.2) is 11.5 Å². The van der Waals surface area contributed by atoms with E-state index in [-0.39, 0.29) is 29.9 Å². The molecule has 0 radical (unpaired) electrons. The van der Waals surface area contributed by atoms with Crippen molar-refractivity contribution >= 4 is 11.9 Å². The molecule has 1 aromatic carbocycles. The van der Waals surface area contributed by atoms with Crippen LogP contribution in [0.3, 0.4) is 0 Å². The maximum Gasteiger partial charge on any atom is 0.303 e. The molecular formula is C14H18FNO5. The zero-order valence-electron chi connectivity index (χ0n) is 12.1. The number of carboxylic acids is 1. The van der Waals surface area contributed by atoms with Crippen LogP contribution in [0.4, 0.5) is 4.39 Å². The van der Waals surface area contributed by atoms with E-state index in [4.69, 9.17) is 14.6 Å². The molecule has 0 aliphatic heterocycles. The molecule has 0 aliphatic rings. The van der Waals surface area contributed by atoms with Crippen molar-refractivity contribution in [2.24, 2.45) is 0 Å². The standard InChI is InChI=1S/C14H18FNO5/c1-8(4-7-11(17)18)16-14(19)12-9(15)5-6-10(20-2)13(12)21-3/h5-6,8H,4,7H2,1-3H3,(H,16,19)(H,17,18). The van der Waals surface area contributed by atoms with Gasteiger partial charge in [0, 0.05) is 12.5 Å². The van der Waals surface area contributed by atoms with Crippen molar-refractivity contribution in [3.63, 3.8) is 0 Å². The fraction of sp³-hybridized carbons (Fsp3) is 0.429. The summed E-state index contributed by atoms with van der Waals surface area (Å²) in [5, 5.41) is 11.1. The maximum absolute atomic E-state index is 13.9. The van der Waals surface area contributed by atoms with Crippen molar-refractivity contribution in [1.29, 1.82) is 0 Å². The number of carbonyl (C=O) groups excluding carboxylic acids is 1. The first-order valence-electron chi connectivity index (χ1n) is 6.33. The van der Waals surface area contributed by atoms with Gasteiger partial charge in [-0.3, -0.25) is 9.59 Å². The topological polar surface area (TPSA) is 84.9 Å². The summed E-state index contributed by atoms with van der Waals surface area (Å²) in [5.74, 6) is -2.14. The molecule has 1 unspecified atom stereocenters. The Bertz CT molecular complexity index is 532. The second kappa shape index (κ2) is 7.47. The van der Waals surface area contributed by atoms with E-state index in [1.807, 2.05) is 0 Å². The molecule has 0 saturated carbocycles. The number of hydrogen-bond acceptors (Lipinski definition) is 4. The van der Waals surface area contributed by atoms with E-state index >= 15 is 0 Å². The van der Waals surface area contributed by atoms with E-state index in [0.717, 1.165) is 6.07 Å². The minimum Gasteiger partial charge on any atom is -0.493 e. The van der Waals surface area contributed by atoms with Gasteiger partial charge in [-0.05, 0) is 25.5 Å². The predicted octanol–water partition coefficient (Wildman–Crippen LogP) is 1.83. The van der Waals surface area contributed by atoms with Gasteiger partial charge in [-0.1, -0.05) is 0 Å². The molecule has 0 spiro atoms. The molecule has 0 fully saturated rings. The highest BCUT2D eigenvalue weighted by Crippen LogP contribution is 2.32. The van der Waals surface area contributed by atoms with E-state index in [9.17, 15) is 14.0 Å². The van der Waals surface area contributed by atoms with Gasteiger partial charge in [0.2, 0.25) is 0 Å². The first-order valence-corrected chi connectivity index (χ1v) is 6.33. The number of carboxylic acid groups (broad SMARTS) is 1. The number of benzene rings is 1. The molecule has 116 valence electrons. The zero-order valence-corrected chi connectivity index (χ0v) is 12.1. The molecule has 0 heterocycles. The van der Waals surface area contributed by atoms with Crippen LogP contribution in [0.25, 0.3) is 0 Å². The van der Waals surface area contributed by atoms with Crippen LogP contribution in [-0.4, -0.2) is 37.2 Å². The number of halogens is 1. The highest BCUT2D eigenvalue weighted by Gasteiger charge is 2.23. The lowest BCUT2D eigenvalue weighted by Gasteiger charge is -2.16. The summed E-state index contributed by atoms with van der Waals surface area (Å²) in [6, 6.07) is 2.06. The van der Waals surface area contributed by atoms with Crippen LogP contribution in [0, 0.1) is 5.82 Å². The van der Waals surface area contributed by atoms with Gasteiger partial charge < -0.3 is 19.9 Å². The third kappa shape index (κ3) is 4.34. The molecule has 0 aromatic heterocycles. The van der Waals surface area contributed by atoms with Gasteiger partial charge >= 0.3 is 5.97 Å². The maximum atomic E-state index is 13.9. The number of nitrogens with one attached hydrogen (secondary N) is 1. The number of hydrogen-bond donors (Lipinski definition) is 2. The van der Waals surface area contributed by atoms with Crippen molar-refractivity contribution in [3.8, 4) is 11.5 Å². The van der Waals surface area contributed by atoms with Crippen molar-refractivity contribution in [3.05, 3.63) is 23.5 Å².